The lowest BCUT2D eigenvalue weighted by Gasteiger charge is -2.38. The predicted octanol–water partition coefficient (Wildman–Crippen LogP) is 1.10. The fourth-order valence-electron chi connectivity index (χ4n) is 6.81. The first-order valence-electron chi connectivity index (χ1n) is 15.7. The lowest BCUT2D eigenvalue weighted by molar-refractivity contribution is -0.125. The number of carbonyl (C=O) groups is 3. The van der Waals surface area contributed by atoms with Crippen LogP contribution in [0, 0.1) is 17.6 Å². The van der Waals surface area contributed by atoms with Crippen LogP contribution in [0.15, 0.2) is 6.20 Å². The van der Waals surface area contributed by atoms with Gasteiger partial charge in [-0.3, -0.25) is 19.4 Å². The number of fused-ring (bicyclic) bond motifs is 3. The van der Waals surface area contributed by atoms with Crippen LogP contribution in [0.3, 0.4) is 0 Å². The van der Waals surface area contributed by atoms with Crippen LogP contribution in [0.4, 0.5) is 25.2 Å². The number of aromatic nitrogens is 5. The molecule has 0 saturated carbocycles. The number of nitrogens with zero attached hydrogens (tertiary/aromatic N) is 8. The van der Waals surface area contributed by atoms with Gasteiger partial charge >= 0.3 is 6.09 Å². The van der Waals surface area contributed by atoms with Crippen molar-refractivity contribution in [1.29, 1.82) is 0 Å². The van der Waals surface area contributed by atoms with Gasteiger partial charge in [0.15, 0.2) is 35.4 Å². The molecule has 3 amide bonds. The second-order valence-electron chi connectivity index (χ2n) is 13.0. The van der Waals surface area contributed by atoms with Crippen molar-refractivity contribution < 1.29 is 32.6 Å². The van der Waals surface area contributed by atoms with Crippen molar-refractivity contribution in [3.63, 3.8) is 0 Å². The van der Waals surface area contributed by atoms with Gasteiger partial charge in [0.25, 0.3) is 11.8 Å². The molecule has 15 nitrogen and oxygen atoms in total. The first-order chi connectivity index (χ1) is 22.5. The van der Waals surface area contributed by atoms with Crippen molar-refractivity contribution in [1.82, 2.24) is 40.1 Å². The van der Waals surface area contributed by atoms with E-state index in [2.05, 4.69) is 35.8 Å². The summed E-state index contributed by atoms with van der Waals surface area (Å²) in [7, 11) is 3.60. The van der Waals surface area contributed by atoms with Gasteiger partial charge in [0.05, 0.1) is 25.3 Å². The molecule has 2 fully saturated rings. The molecule has 4 aliphatic rings. The summed E-state index contributed by atoms with van der Waals surface area (Å²) >= 11 is 0. The quantitative estimate of drug-likeness (QED) is 0.358. The van der Waals surface area contributed by atoms with Gasteiger partial charge in [-0.05, 0) is 50.9 Å². The summed E-state index contributed by atoms with van der Waals surface area (Å²) in [6.07, 6.45) is 2.84. The predicted molar refractivity (Wildman–Crippen MR) is 163 cm³/mol. The monoisotopic (exact) mass is 654 g/mol. The topological polar surface area (TPSA) is 160 Å². The molecular weight excluding hydrogens is 618 g/mol. The van der Waals surface area contributed by atoms with E-state index in [1.54, 1.807) is 25.9 Å². The third kappa shape index (κ3) is 5.71. The Kier molecular flexibility index (Phi) is 7.90. The summed E-state index contributed by atoms with van der Waals surface area (Å²) in [6.45, 7) is 4.22. The van der Waals surface area contributed by atoms with Gasteiger partial charge < -0.3 is 25.0 Å². The van der Waals surface area contributed by atoms with Crippen LogP contribution in [-0.4, -0.2) is 118 Å². The van der Waals surface area contributed by atoms with E-state index < -0.39 is 23.3 Å². The second kappa shape index (κ2) is 11.9. The number of amides is 3. The van der Waals surface area contributed by atoms with Crippen molar-refractivity contribution in [2.24, 2.45) is 5.92 Å². The molecule has 2 unspecified atom stereocenters. The number of anilines is 2. The Hall–Kier alpha value is -4.51. The molecule has 1 aromatic carbocycles. The molecule has 2 saturated heterocycles. The minimum Gasteiger partial charge on any atom is -0.465 e. The van der Waals surface area contributed by atoms with E-state index in [-0.39, 0.29) is 72.0 Å². The largest absolute Gasteiger partial charge is 0.465 e. The van der Waals surface area contributed by atoms with E-state index in [0.717, 1.165) is 0 Å². The molecule has 5 heterocycles. The van der Waals surface area contributed by atoms with Crippen LogP contribution in [0.2, 0.25) is 0 Å². The SMILES string of the molecule is CC(C(=O)NCCn1nnc2c(F)c3c(c(F)c21)CC(CN1CCC2(CC1)CN(c1cnc4c(n1)NC(=O)CO4)C(=O)O2)C3)N(C)C. The summed E-state index contributed by atoms with van der Waals surface area (Å²) < 4.78 is 43.9. The molecule has 2 atom stereocenters. The number of ether oxygens (including phenoxy) is 2. The highest BCUT2D eigenvalue weighted by atomic mass is 19.1. The molecule has 1 aliphatic carbocycles. The number of likely N-dealkylation sites (N-methyl/N-ethyl adjacent to an activating group) is 1. The van der Waals surface area contributed by atoms with E-state index in [0.29, 0.717) is 63.0 Å². The zero-order valence-corrected chi connectivity index (χ0v) is 26.4. The van der Waals surface area contributed by atoms with Crippen LogP contribution in [0.25, 0.3) is 11.0 Å². The number of piperidine rings is 1. The zero-order chi connectivity index (χ0) is 33.0. The number of carbonyl (C=O) groups excluding carboxylic acids is 3. The molecule has 250 valence electrons. The van der Waals surface area contributed by atoms with Crippen LogP contribution in [0.5, 0.6) is 5.88 Å². The van der Waals surface area contributed by atoms with Crippen molar-refractivity contribution >= 4 is 40.6 Å². The minimum atomic E-state index is -0.693. The Morgan fingerprint density at radius 2 is 1.94 bits per heavy atom. The van der Waals surface area contributed by atoms with Crippen LogP contribution in [-0.2, 0) is 33.7 Å². The molecule has 7 rings (SSSR count). The highest BCUT2D eigenvalue weighted by Gasteiger charge is 2.48. The third-order valence-corrected chi connectivity index (χ3v) is 9.66. The Morgan fingerprint density at radius 3 is 2.68 bits per heavy atom. The molecule has 3 aliphatic heterocycles. The maximum absolute atomic E-state index is 15.9. The molecule has 0 bridgehead atoms. The third-order valence-electron chi connectivity index (χ3n) is 9.66. The van der Waals surface area contributed by atoms with Crippen molar-refractivity contribution in [2.45, 2.75) is 50.8 Å². The molecule has 2 aromatic heterocycles. The van der Waals surface area contributed by atoms with E-state index in [1.807, 2.05) is 0 Å². The van der Waals surface area contributed by atoms with Crippen molar-refractivity contribution in [3.8, 4) is 5.88 Å². The maximum Gasteiger partial charge on any atom is 0.416 e. The molecule has 1 spiro atoms. The normalized spacial score (nSPS) is 21.1. The number of benzene rings is 1. The number of hydrogen-bond acceptors (Lipinski definition) is 11. The van der Waals surface area contributed by atoms with Gasteiger partial charge in [0.2, 0.25) is 5.91 Å². The summed E-state index contributed by atoms with van der Waals surface area (Å²) in [4.78, 5) is 50.8. The van der Waals surface area contributed by atoms with E-state index in [1.165, 1.54) is 15.8 Å². The molecule has 3 aromatic rings. The maximum atomic E-state index is 15.9. The van der Waals surface area contributed by atoms with E-state index in [4.69, 9.17) is 9.47 Å². The van der Waals surface area contributed by atoms with Crippen LogP contribution < -0.4 is 20.3 Å². The summed E-state index contributed by atoms with van der Waals surface area (Å²) in [5.41, 5.74) is -0.0676. The minimum absolute atomic E-state index is 0.00796. The first kappa shape index (κ1) is 31.1. The zero-order valence-electron chi connectivity index (χ0n) is 26.4. The summed E-state index contributed by atoms with van der Waals surface area (Å²) in [5.74, 6) is -0.943. The Bertz CT molecular complexity index is 1760. The Labute approximate surface area is 268 Å². The fraction of sp³-hybridized carbons (Fsp3) is 0.567. The lowest BCUT2D eigenvalue weighted by atomic mass is 9.90. The molecule has 2 N–H and O–H groups in total. The summed E-state index contributed by atoms with van der Waals surface area (Å²) in [5, 5.41) is 13.3. The molecule has 0 radical (unpaired) electrons. The van der Waals surface area contributed by atoms with Gasteiger partial charge in [-0.15, -0.1) is 5.10 Å². The van der Waals surface area contributed by atoms with Gasteiger partial charge in [0.1, 0.15) is 11.1 Å². The summed E-state index contributed by atoms with van der Waals surface area (Å²) in [6, 6.07) is -0.331. The van der Waals surface area contributed by atoms with Gasteiger partial charge in [-0.1, -0.05) is 5.21 Å². The molecule has 47 heavy (non-hydrogen) atoms. The van der Waals surface area contributed by atoms with Gasteiger partial charge in [-0.25, -0.2) is 28.2 Å². The Morgan fingerprint density at radius 1 is 1.19 bits per heavy atom. The van der Waals surface area contributed by atoms with Crippen LogP contribution >= 0.6 is 0 Å². The number of likely N-dealkylation sites (tertiary alicyclic amines) is 1. The second-order valence-corrected chi connectivity index (χ2v) is 13.0. The Balaban J connectivity index is 0.966. The number of hydrogen-bond donors (Lipinski definition) is 2. The highest BCUT2D eigenvalue weighted by Crippen LogP contribution is 2.39. The average molecular weight is 655 g/mol. The number of nitrogens with one attached hydrogen (secondary N) is 2. The van der Waals surface area contributed by atoms with Gasteiger partial charge in [-0.2, -0.15) is 0 Å². The van der Waals surface area contributed by atoms with E-state index >= 15 is 8.78 Å². The highest BCUT2D eigenvalue weighted by molar-refractivity contribution is 5.95. The van der Waals surface area contributed by atoms with Crippen LogP contribution in [0.1, 0.15) is 30.9 Å². The average Bonchev–Trinajstić information content (AvgIpc) is 3.76. The number of halogens is 2. The molecule has 17 heteroatoms. The fourth-order valence-corrected chi connectivity index (χ4v) is 6.81. The number of rotatable bonds is 8. The first-order valence-corrected chi connectivity index (χ1v) is 15.7. The standard InChI is InChI=1S/C30H36F2N10O5/c1-16(39(2)3)27(44)33-6-9-42-25-23(32)19-11-17(10-18(19)22(31)24(25)37-38-42)13-40-7-4-30(5-8-40)15-41(29(45)47-30)20-12-34-28-26(35-20)36-21(43)14-46-28/h12,16-17H,4-11,13-15H2,1-3H3,(H,33,44)(H,35,36,43). The lowest BCUT2D eigenvalue weighted by Crippen LogP contribution is -2.48. The van der Waals surface area contributed by atoms with Crippen molar-refractivity contribution in [2.75, 3.05) is 63.6 Å². The smallest absolute Gasteiger partial charge is 0.416 e. The van der Waals surface area contributed by atoms with E-state index in [9.17, 15) is 14.4 Å². The van der Waals surface area contributed by atoms with Crippen molar-refractivity contribution in [3.05, 3.63) is 29.0 Å². The van der Waals surface area contributed by atoms with Gasteiger partial charge in [0, 0.05) is 39.0 Å². The molecular formula is C30H36F2N10O5.